The Bertz CT molecular complexity index is 625. The minimum atomic E-state index is -5.24. The molecule has 1 aliphatic heterocycles. The predicted octanol–water partition coefficient (Wildman–Crippen LogP) is -9.70. The van der Waals surface area contributed by atoms with Gasteiger partial charge in [0.2, 0.25) is 0 Å². The molecule has 0 unspecified atom stereocenters. The van der Waals surface area contributed by atoms with Gasteiger partial charge in [0, 0.05) is 6.20 Å². The first-order valence-corrected chi connectivity index (χ1v) is 7.18. The molecule has 0 aliphatic carbocycles. The molecule has 0 bridgehead atoms. The zero-order chi connectivity index (χ0) is 15.8. The van der Waals surface area contributed by atoms with Crippen molar-refractivity contribution >= 4 is 13.6 Å². The van der Waals surface area contributed by atoms with E-state index in [4.69, 9.17) is 10.5 Å². The van der Waals surface area contributed by atoms with Crippen LogP contribution in [0.4, 0.5) is 5.82 Å². The molecule has 1 aromatic heterocycles. The van der Waals surface area contributed by atoms with Crippen molar-refractivity contribution in [3.63, 3.8) is 0 Å². The third-order valence-electron chi connectivity index (χ3n) is 2.86. The van der Waals surface area contributed by atoms with Crippen molar-refractivity contribution in [2.24, 2.45) is 0 Å². The standard InChI is InChI=1S/C9H14N3O8P.2Na/c10-5-1-2-12(9(15)11-5)8-7(14)6(13)4(20-8)3-19-21(16,17)18;;/h1-2,4,6-8,13-14H,3H2,(H2,10,11,15)(H2,16,17,18);;/q;2*+1/p-2/t4-,6-,7-,8-;;/m1../s1. The summed E-state index contributed by atoms with van der Waals surface area (Å²) in [6.07, 6.45) is -4.51. The summed E-state index contributed by atoms with van der Waals surface area (Å²) in [5.41, 5.74) is 4.49. The van der Waals surface area contributed by atoms with E-state index in [9.17, 15) is 29.4 Å². The van der Waals surface area contributed by atoms with E-state index in [1.54, 1.807) is 0 Å². The minimum absolute atomic E-state index is 0. The number of aromatic nitrogens is 2. The number of rotatable bonds is 4. The van der Waals surface area contributed by atoms with Gasteiger partial charge in [0.1, 0.15) is 24.1 Å². The SMILES string of the molecule is Nc1ccn([C@@H]2O[C@H](COP(=O)([O-])[O-])[C@@H](O)[C@H]2O)c(=O)n1.[Na+].[Na+]. The van der Waals surface area contributed by atoms with Crippen LogP contribution in [0.15, 0.2) is 17.1 Å². The van der Waals surface area contributed by atoms with Crippen LogP contribution < -0.4 is 80.3 Å². The Balaban J connectivity index is 0.00000242. The largest absolute Gasteiger partial charge is 1.00 e. The third-order valence-corrected chi connectivity index (χ3v) is 3.33. The quantitative estimate of drug-likeness (QED) is 0.341. The van der Waals surface area contributed by atoms with E-state index in [2.05, 4.69) is 9.51 Å². The molecule has 1 aliphatic rings. The summed E-state index contributed by atoms with van der Waals surface area (Å²) in [6, 6.07) is 1.27. The first-order chi connectivity index (χ1) is 9.69. The molecule has 0 saturated carbocycles. The number of nitrogens with two attached hydrogens (primary N) is 1. The normalized spacial score (nSPS) is 27.1. The van der Waals surface area contributed by atoms with Crippen LogP contribution in [-0.4, -0.2) is 44.7 Å². The Morgan fingerprint density at radius 3 is 2.52 bits per heavy atom. The van der Waals surface area contributed by atoms with Crippen LogP contribution in [0.25, 0.3) is 0 Å². The number of phosphoric ester groups is 1. The Morgan fingerprint density at radius 2 is 2.00 bits per heavy atom. The Kier molecular flexibility index (Phi) is 9.66. The predicted molar refractivity (Wildman–Crippen MR) is 62.4 cm³/mol. The summed E-state index contributed by atoms with van der Waals surface area (Å²) in [5.74, 6) is -0.0391. The molecule has 1 fully saturated rings. The van der Waals surface area contributed by atoms with Crippen molar-refractivity contribution < 1.29 is 92.9 Å². The molecule has 23 heavy (non-hydrogen) atoms. The van der Waals surface area contributed by atoms with Crippen LogP contribution >= 0.6 is 7.82 Å². The molecule has 0 radical (unpaired) electrons. The molecule has 0 amide bonds. The molecule has 14 heteroatoms. The Hall–Kier alpha value is 0.670. The second-order valence-corrected chi connectivity index (χ2v) is 5.48. The molecule has 0 spiro atoms. The molecular weight excluding hydrogens is 355 g/mol. The minimum Gasteiger partial charge on any atom is -0.790 e. The molecule has 2 rings (SSSR count). The molecule has 0 aromatic carbocycles. The number of hydrogen-bond donors (Lipinski definition) is 3. The Morgan fingerprint density at radius 1 is 1.39 bits per heavy atom. The number of ether oxygens (including phenoxy) is 1. The van der Waals surface area contributed by atoms with Gasteiger partial charge in [0.05, 0.1) is 14.4 Å². The summed E-state index contributed by atoms with van der Waals surface area (Å²) in [5, 5.41) is 19.6. The molecule has 2 heterocycles. The summed E-state index contributed by atoms with van der Waals surface area (Å²) < 4.78 is 20.4. The van der Waals surface area contributed by atoms with E-state index >= 15 is 0 Å². The fourth-order valence-corrected chi connectivity index (χ4v) is 2.21. The van der Waals surface area contributed by atoms with Gasteiger partial charge in [-0.1, -0.05) is 0 Å². The number of hydrogen-bond acceptors (Lipinski definition) is 10. The van der Waals surface area contributed by atoms with Crippen LogP contribution in [0.5, 0.6) is 0 Å². The van der Waals surface area contributed by atoms with Crippen molar-refractivity contribution in [1.82, 2.24) is 9.55 Å². The van der Waals surface area contributed by atoms with Gasteiger partial charge in [-0.25, -0.2) is 4.79 Å². The second-order valence-electron chi connectivity index (χ2n) is 4.33. The topological polar surface area (TPSA) is 183 Å². The van der Waals surface area contributed by atoms with E-state index in [0.717, 1.165) is 4.57 Å². The first kappa shape index (κ1) is 23.7. The van der Waals surface area contributed by atoms with E-state index in [1.165, 1.54) is 12.3 Å². The average molecular weight is 367 g/mol. The van der Waals surface area contributed by atoms with Crippen molar-refractivity contribution in [3.05, 3.63) is 22.7 Å². The van der Waals surface area contributed by atoms with Gasteiger partial charge >= 0.3 is 64.8 Å². The van der Waals surface area contributed by atoms with Crippen LogP contribution in [0.2, 0.25) is 0 Å². The van der Waals surface area contributed by atoms with Crippen molar-refractivity contribution in [2.75, 3.05) is 12.3 Å². The van der Waals surface area contributed by atoms with Gasteiger partial charge in [-0.15, -0.1) is 0 Å². The maximum Gasteiger partial charge on any atom is 1.00 e. The van der Waals surface area contributed by atoms with Crippen molar-refractivity contribution in [2.45, 2.75) is 24.5 Å². The molecule has 1 aromatic rings. The van der Waals surface area contributed by atoms with E-state index < -0.39 is 44.7 Å². The van der Waals surface area contributed by atoms with Gasteiger partial charge in [-0.05, 0) is 6.07 Å². The zero-order valence-corrected chi connectivity index (χ0v) is 17.3. The average Bonchev–Trinajstić information content (AvgIpc) is 2.64. The van der Waals surface area contributed by atoms with E-state index in [-0.39, 0.29) is 64.9 Å². The summed E-state index contributed by atoms with van der Waals surface area (Å²) >= 11 is 0. The smallest absolute Gasteiger partial charge is 0.790 e. The monoisotopic (exact) mass is 367 g/mol. The molecule has 4 N–H and O–H groups in total. The van der Waals surface area contributed by atoms with E-state index in [0.29, 0.717) is 0 Å². The first-order valence-electron chi connectivity index (χ1n) is 5.72. The van der Waals surface area contributed by atoms with Gasteiger partial charge in [0.25, 0.3) is 0 Å². The zero-order valence-electron chi connectivity index (χ0n) is 12.4. The number of nitrogens with zero attached hydrogens (tertiary/aromatic N) is 2. The number of aliphatic hydroxyl groups is 2. The van der Waals surface area contributed by atoms with Gasteiger partial charge in [-0.2, -0.15) is 4.98 Å². The maximum absolute atomic E-state index is 11.6. The fourth-order valence-electron chi connectivity index (χ4n) is 1.88. The van der Waals surface area contributed by atoms with Gasteiger partial charge in [0.15, 0.2) is 6.23 Å². The van der Waals surface area contributed by atoms with Crippen molar-refractivity contribution in [1.29, 1.82) is 0 Å². The summed E-state index contributed by atoms with van der Waals surface area (Å²) in [7, 11) is -5.24. The van der Waals surface area contributed by atoms with Crippen LogP contribution in [0, 0.1) is 0 Å². The Labute approximate surface area is 174 Å². The summed E-state index contributed by atoms with van der Waals surface area (Å²) in [6.45, 7) is -0.782. The second kappa shape index (κ2) is 9.39. The molecule has 11 nitrogen and oxygen atoms in total. The van der Waals surface area contributed by atoms with Gasteiger partial charge in [-0.3, -0.25) is 4.57 Å². The third kappa shape index (κ3) is 6.15. The fraction of sp³-hybridized carbons (Fsp3) is 0.556. The van der Waals surface area contributed by atoms with Crippen LogP contribution in [-0.2, 0) is 13.8 Å². The maximum atomic E-state index is 11.6. The molecule has 4 atom stereocenters. The number of nitrogen functional groups attached to an aromatic ring is 1. The van der Waals surface area contributed by atoms with E-state index in [1.807, 2.05) is 0 Å². The number of phosphoric acid groups is 1. The number of aliphatic hydroxyl groups excluding tert-OH is 2. The molecule has 118 valence electrons. The van der Waals surface area contributed by atoms with Crippen LogP contribution in [0.3, 0.4) is 0 Å². The van der Waals surface area contributed by atoms with Crippen LogP contribution in [0.1, 0.15) is 6.23 Å². The molecular formula is C9H12N3Na2O8P. The molecule has 1 saturated heterocycles. The summed E-state index contributed by atoms with van der Waals surface area (Å²) in [4.78, 5) is 35.8. The van der Waals surface area contributed by atoms with Crippen molar-refractivity contribution in [3.8, 4) is 0 Å². The van der Waals surface area contributed by atoms with Gasteiger partial charge < -0.3 is 39.6 Å². The number of anilines is 1.